The number of ether oxygens (including phenoxy) is 3. The van der Waals surface area contributed by atoms with Gasteiger partial charge < -0.3 is 19.5 Å². The molecule has 5 nitrogen and oxygen atoms in total. The number of hydrogen-bond donors (Lipinski definition) is 1. The van der Waals surface area contributed by atoms with Gasteiger partial charge in [0.15, 0.2) is 0 Å². The van der Waals surface area contributed by atoms with Crippen LogP contribution in [0, 0.1) is 16.7 Å². The molecular weight excluding hydrogens is 294 g/mol. The number of hydrogen-bond acceptors (Lipinski definition) is 4. The van der Waals surface area contributed by atoms with E-state index in [1.807, 2.05) is 0 Å². The molecule has 2 aliphatic carbocycles. The van der Waals surface area contributed by atoms with Gasteiger partial charge in [-0.2, -0.15) is 0 Å². The van der Waals surface area contributed by atoms with E-state index >= 15 is 0 Å². The van der Waals surface area contributed by atoms with Crippen molar-refractivity contribution in [1.82, 2.24) is 5.32 Å². The highest BCUT2D eigenvalue weighted by Gasteiger charge is 2.61. The minimum atomic E-state index is 0.111. The molecule has 134 valence electrons. The largest absolute Gasteiger partial charge is 0.382 e. The van der Waals surface area contributed by atoms with Crippen LogP contribution in [-0.4, -0.2) is 52.1 Å². The van der Waals surface area contributed by atoms with Crippen LogP contribution in [0.1, 0.15) is 46.5 Å². The normalized spacial score (nSPS) is 31.5. The first-order chi connectivity index (χ1) is 10.9. The molecule has 0 aliphatic heterocycles. The van der Waals surface area contributed by atoms with Crippen molar-refractivity contribution in [3.8, 4) is 0 Å². The third-order valence-corrected chi connectivity index (χ3v) is 6.41. The maximum absolute atomic E-state index is 12.2. The minimum Gasteiger partial charge on any atom is -0.382 e. The standard InChI is InChI=1S/C18H33NO4/c1-17(2)14-5-7-18(17,3)15(13-14)19-16(20)6-8-22-11-12-23-10-9-21-4/h14-15H,5-13H2,1-4H3,(H,19,20)/t14-,15+,18-/m1/s1. The van der Waals surface area contributed by atoms with Crippen LogP contribution < -0.4 is 5.32 Å². The van der Waals surface area contributed by atoms with Gasteiger partial charge >= 0.3 is 0 Å². The van der Waals surface area contributed by atoms with Gasteiger partial charge in [-0.25, -0.2) is 0 Å². The lowest BCUT2D eigenvalue weighted by Gasteiger charge is -2.39. The Morgan fingerprint density at radius 1 is 1.09 bits per heavy atom. The Morgan fingerprint density at radius 3 is 2.30 bits per heavy atom. The fourth-order valence-corrected chi connectivity index (χ4v) is 4.32. The Labute approximate surface area is 140 Å². The summed E-state index contributed by atoms with van der Waals surface area (Å²) in [7, 11) is 1.65. The zero-order valence-corrected chi connectivity index (χ0v) is 15.2. The average molecular weight is 327 g/mol. The lowest BCUT2D eigenvalue weighted by atomic mass is 9.69. The van der Waals surface area contributed by atoms with Gasteiger partial charge in [-0.1, -0.05) is 20.8 Å². The number of rotatable bonds is 10. The molecule has 0 spiro atoms. The van der Waals surface area contributed by atoms with Gasteiger partial charge in [-0.05, 0) is 36.0 Å². The number of fused-ring (bicyclic) bond motifs is 2. The average Bonchev–Trinajstić information content (AvgIpc) is 2.83. The maximum atomic E-state index is 12.2. The lowest BCUT2D eigenvalue weighted by molar-refractivity contribution is -0.124. The van der Waals surface area contributed by atoms with E-state index in [4.69, 9.17) is 14.2 Å². The fourth-order valence-electron chi connectivity index (χ4n) is 4.32. The van der Waals surface area contributed by atoms with E-state index in [0.29, 0.717) is 50.9 Å². The molecule has 2 fully saturated rings. The summed E-state index contributed by atoms with van der Waals surface area (Å²) in [5.41, 5.74) is 0.574. The van der Waals surface area contributed by atoms with Gasteiger partial charge in [0.25, 0.3) is 0 Å². The van der Waals surface area contributed by atoms with Crippen LogP contribution in [0.3, 0.4) is 0 Å². The molecule has 3 atom stereocenters. The maximum Gasteiger partial charge on any atom is 0.222 e. The van der Waals surface area contributed by atoms with Gasteiger partial charge in [0.2, 0.25) is 5.91 Å². The molecule has 0 heterocycles. The van der Waals surface area contributed by atoms with E-state index in [9.17, 15) is 4.79 Å². The molecule has 2 bridgehead atoms. The third kappa shape index (κ3) is 4.06. The first-order valence-electron chi connectivity index (χ1n) is 8.85. The Hall–Kier alpha value is -0.650. The number of methoxy groups -OCH3 is 1. The molecule has 23 heavy (non-hydrogen) atoms. The predicted molar refractivity (Wildman–Crippen MR) is 89.3 cm³/mol. The van der Waals surface area contributed by atoms with E-state index in [-0.39, 0.29) is 11.3 Å². The zero-order valence-electron chi connectivity index (χ0n) is 15.2. The van der Waals surface area contributed by atoms with Crippen molar-refractivity contribution in [3.63, 3.8) is 0 Å². The van der Waals surface area contributed by atoms with Gasteiger partial charge in [0, 0.05) is 19.6 Å². The molecular formula is C18H33NO4. The highest BCUT2D eigenvalue weighted by atomic mass is 16.5. The highest BCUT2D eigenvalue weighted by Crippen LogP contribution is 2.65. The fraction of sp³-hybridized carbons (Fsp3) is 0.944. The molecule has 0 radical (unpaired) electrons. The number of nitrogens with one attached hydrogen (secondary N) is 1. The van der Waals surface area contributed by atoms with E-state index in [2.05, 4.69) is 26.1 Å². The molecule has 1 amide bonds. The van der Waals surface area contributed by atoms with Crippen molar-refractivity contribution < 1.29 is 19.0 Å². The summed E-state index contributed by atoms with van der Waals surface area (Å²) in [6.07, 6.45) is 4.09. The van der Waals surface area contributed by atoms with Gasteiger partial charge in [0.05, 0.1) is 33.0 Å². The summed E-state index contributed by atoms with van der Waals surface area (Å²) in [6.45, 7) is 9.77. The second kappa shape index (κ2) is 7.95. The molecule has 2 aliphatic rings. The van der Waals surface area contributed by atoms with Crippen molar-refractivity contribution in [2.45, 2.75) is 52.5 Å². The predicted octanol–water partition coefficient (Wildman–Crippen LogP) is 2.39. The van der Waals surface area contributed by atoms with Crippen LogP contribution in [0.2, 0.25) is 0 Å². The number of carbonyl (C=O) groups is 1. The smallest absolute Gasteiger partial charge is 0.222 e. The van der Waals surface area contributed by atoms with E-state index in [1.54, 1.807) is 7.11 Å². The van der Waals surface area contributed by atoms with Gasteiger partial charge in [0.1, 0.15) is 0 Å². The third-order valence-electron chi connectivity index (χ3n) is 6.41. The lowest BCUT2D eigenvalue weighted by Crippen LogP contribution is -2.47. The number of carbonyl (C=O) groups excluding carboxylic acids is 1. The van der Waals surface area contributed by atoms with Crippen molar-refractivity contribution in [3.05, 3.63) is 0 Å². The summed E-state index contributed by atoms with van der Waals surface area (Å²) in [4.78, 5) is 12.2. The summed E-state index contributed by atoms with van der Waals surface area (Å²) >= 11 is 0. The van der Waals surface area contributed by atoms with Crippen LogP contribution in [0.5, 0.6) is 0 Å². The van der Waals surface area contributed by atoms with Crippen molar-refractivity contribution in [1.29, 1.82) is 0 Å². The zero-order chi connectivity index (χ0) is 16.9. The summed E-state index contributed by atoms with van der Waals surface area (Å²) in [5, 5.41) is 3.26. The molecule has 0 aromatic carbocycles. The molecule has 2 saturated carbocycles. The van der Waals surface area contributed by atoms with Gasteiger partial charge in [-0.15, -0.1) is 0 Å². The van der Waals surface area contributed by atoms with Crippen LogP contribution in [-0.2, 0) is 19.0 Å². The van der Waals surface area contributed by atoms with Gasteiger partial charge in [-0.3, -0.25) is 4.79 Å². The molecule has 5 heteroatoms. The summed E-state index contributed by atoms with van der Waals surface area (Å²) < 4.78 is 15.6. The number of amides is 1. The van der Waals surface area contributed by atoms with Crippen molar-refractivity contribution >= 4 is 5.91 Å². The minimum absolute atomic E-state index is 0.111. The topological polar surface area (TPSA) is 56.8 Å². The Kier molecular flexibility index (Phi) is 6.46. The molecule has 0 saturated heterocycles. The molecule has 2 rings (SSSR count). The van der Waals surface area contributed by atoms with Crippen LogP contribution in [0.4, 0.5) is 0 Å². The monoisotopic (exact) mass is 327 g/mol. The Morgan fingerprint density at radius 2 is 1.74 bits per heavy atom. The Bertz CT molecular complexity index is 398. The van der Waals surface area contributed by atoms with Crippen LogP contribution in [0.25, 0.3) is 0 Å². The van der Waals surface area contributed by atoms with E-state index in [0.717, 1.165) is 12.3 Å². The SMILES string of the molecule is COCCOCCOCCC(=O)N[C@H]1C[C@H]2CC[C@@]1(C)C2(C)C. The first-order valence-corrected chi connectivity index (χ1v) is 8.85. The molecule has 0 aromatic heterocycles. The first kappa shape index (κ1) is 18.7. The molecule has 0 unspecified atom stereocenters. The summed E-state index contributed by atoms with van der Waals surface area (Å²) in [6, 6.07) is 0.320. The molecule has 0 aromatic rings. The quantitative estimate of drug-likeness (QED) is 0.626. The van der Waals surface area contributed by atoms with Crippen molar-refractivity contribution in [2.24, 2.45) is 16.7 Å². The summed E-state index contributed by atoms with van der Waals surface area (Å²) in [5.74, 6) is 0.859. The highest BCUT2D eigenvalue weighted by molar-refractivity contribution is 5.76. The van der Waals surface area contributed by atoms with Crippen LogP contribution in [0.15, 0.2) is 0 Å². The molecule has 1 N–H and O–H groups in total. The Balaban J connectivity index is 1.59. The second-order valence-electron chi connectivity index (χ2n) is 7.70. The van der Waals surface area contributed by atoms with Crippen LogP contribution >= 0.6 is 0 Å². The van der Waals surface area contributed by atoms with Crippen molar-refractivity contribution in [2.75, 3.05) is 40.1 Å². The van der Waals surface area contributed by atoms with E-state index in [1.165, 1.54) is 12.8 Å². The van der Waals surface area contributed by atoms with E-state index < -0.39 is 0 Å². The second-order valence-corrected chi connectivity index (χ2v) is 7.70.